The zero-order valence-electron chi connectivity index (χ0n) is 18.4. The number of nitrogens with one attached hydrogen (secondary N) is 1. The maximum atomic E-state index is 12.8. The van der Waals surface area contributed by atoms with Crippen LogP contribution >= 0.6 is 0 Å². The minimum atomic E-state index is 0.00442. The number of aryl methyl sites for hydroxylation is 2. The summed E-state index contributed by atoms with van der Waals surface area (Å²) in [6.07, 6.45) is 1.07. The van der Waals surface area contributed by atoms with Gasteiger partial charge in [0.05, 0.1) is 17.9 Å². The van der Waals surface area contributed by atoms with Gasteiger partial charge in [-0.3, -0.25) is 14.6 Å². The Morgan fingerprint density at radius 1 is 0.935 bits per heavy atom. The summed E-state index contributed by atoms with van der Waals surface area (Å²) in [5.74, 6) is 0.719. The molecule has 6 nitrogen and oxygen atoms in total. The SMILES string of the molecule is Cc1ccc(-n2nc(C)cc2NC(=O)CN2CCCN(Cc3ccccc3)CC2)cc1. The molecular formula is C25H31N5O. The van der Waals surface area contributed by atoms with Gasteiger partial charge in [0.15, 0.2) is 0 Å². The second kappa shape index (κ2) is 9.90. The number of hydrogen-bond acceptors (Lipinski definition) is 4. The maximum Gasteiger partial charge on any atom is 0.239 e. The van der Waals surface area contributed by atoms with E-state index in [1.807, 2.05) is 25.1 Å². The zero-order chi connectivity index (χ0) is 21.6. The van der Waals surface area contributed by atoms with Gasteiger partial charge in [0.1, 0.15) is 5.82 Å². The summed E-state index contributed by atoms with van der Waals surface area (Å²) < 4.78 is 1.80. The predicted octanol–water partition coefficient (Wildman–Crippen LogP) is 3.64. The van der Waals surface area contributed by atoms with Crippen LogP contribution in [0.1, 0.15) is 23.2 Å². The number of anilines is 1. The van der Waals surface area contributed by atoms with Crippen LogP contribution in [-0.4, -0.2) is 58.2 Å². The minimum absolute atomic E-state index is 0.00442. The number of nitrogens with zero attached hydrogens (tertiary/aromatic N) is 4. The lowest BCUT2D eigenvalue weighted by molar-refractivity contribution is -0.117. The fourth-order valence-electron chi connectivity index (χ4n) is 4.04. The van der Waals surface area contributed by atoms with Crippen molar-refractivity contribution in [3.8, 4) is 5.69 Å². The maximum absolute atomic E-state index is 12.8. The molecule has 0 atom stereocenters. The number of benzene rings is 2. The monoisotopic (exact) mass is 417 g/mol. The molecule has 1 fully saturated rings. The van der Waals surface area contributed by atoms with E-state index in [4.69, 9.17) is 0 Å². The number of rotatable bonds is 6. The summed E-state index contributed by atoms with van der Waals surface area (Å²) in [4.78, 5) is 17.5. The molecule has 0 bridgehead atoms. The van der Waals surface area contributed by atoms with E-state index >= 15 is 0 Å². The normalized spacial score (nSPS) is 15.5. The smallest absolute Gasteiger partial charge is 0.239 e. The van der Waals surface area contributed by atoms with E-state index < -0.39 is 0 Å². The molecule has 0 radical (unpaired) electrons. The molecule has 31 heavy (non-hydrogen) atoms. The Balaban J connectivity index is 1.33. The van der Waals surface area contributed by atoms with Crippen LogP contribution in [0, 0.1) is 13.8 Å². The van der Waals surface area contributed by atoms with Crippen molar-refractivity contribution in [2.75, 3.05) is 38.0 Å². The molecule has 0 unspecified atom stereocenters. The quantitative estimate of drug-likeness (QED) is 0.665. The number of hydrogen-bond donors (Lipinski definition) is 1. The summed E-state index contributed by atoms with van der Waals surface area (Å²) >= 11 is 0. The van der Waals surface area contributed by atoms with E-state index in [1.54, 1.807) is 4.68 Å². The van der Waals surface area contributed by atoms with Crippen molar-refractivity contribution in [1.29, 1.82) is 0 Å². The molecule has 1 aliphatic rings. The molecule has 1 aliphatic heterocycles. The molecular weight excluding hydrogens is 386 g/mol. The van der Waals surface area contributed by atoms with Crippen molar-refractivity contribution < 1.29 is 4.79 Å². The molecule has 2 heterocycles. The highest BCUT2D eigenvalue weighted by atomic mass is 16.2. The van der Waals surface area contributed by atoms with Gasteiger partial charge in [0.25, 0.3) is 0 Å². The van der Waals surface area contributed by atoms with Crippen LogP contribution in [0.15, 0.2) is 60.7 Å². The third-order valence-electron chi connectivity index (χ3n) is 5.67. The molecule has 1 amide bonds. The van der Waals surface area contributed by atoms with Gasteiger partial charge in [-0.2, -0.15) is 5.10 Å². The molecule has 1 aromatic heterocycles. The third kappa shape index (κ3) is 5.81. The predicted molar refractivity (Wildman–Crippen MR) is 124 cm³/mol. The third-order valence-corrected chi connectivity index (χ3v) is 5.67. The van der Waals surface area contributed by atoms with Gasteiger partial charge >= 0.3 is 0 Å². The summed E-state index contributed by atoms with van der Waals surface area (Å²) in [6, 6.07) is 20.7. The molecule has 0 spiro atoms. The van der Waals surface area contributed by atoms with Gasteiger partial charge in [-0.15, -0.1) is 0 Å². The van der Waals surface area contributed by atoms with Crippen molar-refractivity contribution >= 4 is 11.7 Å². The van der Waals surface area contributed by atoms with E-state index in [9.17, 15) is 4.79 Å². The Labute approximate surface area is 184 Å². The molecule has 3 aromatic rings. The van der Waals surface area contributed by atoms with E-state index in [-0.39, 0.29) is 5.91 Å². The van der Waals surface area contributed by atoms with Crippen LogP contribution in [-0.2, 0) is 11.3 Å². The van der Waals surface area contributed by atoms with Crippen molar-refractivity contribution in [3.63, 3.8) is 0 Å². The summed E-state index contributed by atoms with van der Waals surface area (Å²) in [7, 11) is 0. The van der Waals surface area contributed by atoms with Crippen LogP contribution in [0.5, 0.6) is 0 Å². The number of carbonyl (C=O) groups is 1. The molecule has 6 heteroatoms. The number of aromatic nitrogens is 2. The van der Waals surface area contributed by atoms with Gasteiger partial charge in [0.2, 0.25) is 5.91 Å². The second-order valence-electron chi connectivity index (χ2n) is 8.36. The molecule has 0 saturated carbocycles. The van der Waals surface area contributed by atoms with Gasteiger partial charge in [-0.05, 0) is 51.1 Å². The van der Waals surface area contributed by atoms with E-state index in [0.717, 1.165) is 50.5 Å². The fraction of sp³-hybridized carbons (Fsp3) is 0.360. The largest absolute Gasteiger partial charge is 0.309 e. The highest BCUT2D eigenvalue weighted by Crippen LogP contribution is 2.18. The van der Waals surface area contributed by atoms with Gasteiger partial charge in [0, 0.05) is 25.7 Å². The van der Waals surface area contributed by atoms with E-state index in [2.05, 4.69) is 69.6 Å². The van der Waals surface area contributed by atoms with Crippen LogP contribution in [0.4, 0.5) is 5.82 Å². The number of amides is 1. The Bertz CT molecular complexity index is 997. The Morgan fingerprint density at radius 3 is 2.42 bits per heavy atom. The zero-order valence-corrected chi connectivity index (χ0v) is 18.4. The molecule has 2 aromatic carbocycles. The van der Waals surface area contributed by atoms with E-state index in [1.165, 1.54) is 11.1 Å². The Hall–Kier alpha value is -2.96. The van der Waals surface area contributed by atoms with Gasteiger partial charge in [-0.25, -0.2) is 4.68 Å². The van der Waals surface area contributed by atoms with Crippen LogP contribution in [0.3, 0.4) is 0 Å². The first kappa shape index (κ1) is 21.3. The summed E-state index contributed by atoms with van der Waals surface area (Å²) in [6.45, 7) is 9.24. The first-order valence-electron chi connectivity index (χ1n) is 11.0. The summed E-state index contributed by atoms with van der Waals surface area (Å²) in [5, 5.41) is 7.63. The number of carbonyl (C=O) groups excluding carboxylic acids is 1. The first-order valence-corrected chi connectivity index (χ1v) is 11.0. The summed E-state index contributed by atoms with van der Waals surface area (Å²) in [5.41, 5.74) is 4.36. The van der Waals surface area contributed by atoms with Gasteiger partial charge in [-0.1, -0.05) is 48.0 Å². The highest BCUT2D eigenvalue weighted by molar-refractivity contribution is 5.91. The topological polar surface area (TPSA) is 53.4 Å². The Morgan fingerprint density at radius 2 is 1.65 bits per heavy atom. The molecule has 162 valence electrons. The van der Waals surface area contributed by atoms with Gasteiger partial charge < -0.3 is 5.32 Å². The van der Waals surface area contributed by atoms with Crippen LogP contribution in [0.25, 0.3) is 5.69 Å². The average molecular weight is 418 g/mol. The minimum Gasteiger partial charge on any atom is -0.309 e. The first-order chi connectivity index (χ1) is 15.1. The van der Waals surface area contributed by atoms with Crippen LogP contribution < -0.4 is 5.32 Å². The van der Waals surface area contributed by atoms with Crippen molar-refractivity contribution in [1.82, 2.24) is 19.6 Å². The van der Waals surface area contributed by atoms with Crippen molar-refractivity contribution in [2.24, 2.45) is 0 Å². The van der Waals surface area contributed by atoms with Crippen LogP contribution in [0.2, 0.25) is 0 Å². The van der Waals surface area contributed by atoms with Crippen molar-refractivity contribution in [2.45, 2.75) is 26.8 Å². The molecule has 1 N–H and O–H groups in total. The average Bonchev–Trinajstić information content (AvgIpc) is 2.98. The second-order valence-corrected chi connectivity index (χ2v) is 8.36. The molecule has 0 aliphatic carbocycles. The lowest BCUT2D eigenvalue weighted by Crippen LogP contribution is -2.36. The van der Waals surface area contributed by atoms with E-state index in [0.29, 0.717) is 12.4 Å². The molecule has 1 saturated heterocycles. The molecule has 4 rings (SSSR count). The fourth-order valence-corrected chi connectivity index (χ4v) is 4.04. The lowest BCUT2D eigenvalue weighted by atomic mass is 10.2. The standard InChI is InChI=1S/C25H31N5O/c1-20-9-11-23(12-10-20)30-24(17-21(2)27-30)26-25(31)19-29-14-6-13-28(15-16-29)18-22-7-4-3-5-8-22/h3-5,7-12,17H,6,13-16,18-19H2,1-2H3,(H,26,31). The highest BCUT2D eigenvalue weighted by Gasteiger charge is 2.18. The lowest BCUT2D eigenvalue weighted by Gasteiger charge is -2.21. The Kier molecular flexibility index (Phi) is 6.79. The van der Waals surface area contributed by atoms with Crippen molar-refractivity contribution in [3.05, 3.63) is 77.5 Å².